The summed E-state index contributed by atoms with van der Waals surface area (Å²) in [5.41, 5.74) is 11.5. The molecule has 0 saturated carbocycles. The van der Waals surface area contributed by atoms with Crippen molar-refractivity contribution < 1.29 is 19.2 Å². The van der Waals surface area contributed by atoms with Crippen molar-refractivity contribution >= 4 is 23.7 Å². The Morgan fingerprint density at radius 2 is 1.71 bits per heavy atom. The van der Waals surface area contributed by atoms with Gasteiger partial charge >= 0.3 is 5.97 Å². The van der Waals surface area contributed by atoms with Crippen molar-refractivity contribution in [2.45, 2.75) is 19.4 Å². The van der Waals surface area contributed by atoms with E-state index >= 15 is 0 Å². The van der Waals surface area contributed by atoms with E-state index in [1.165, 1.54) is 12.1 Å². The number of hydrogen-bond donors (Lipinski definition) is 2. The van der Waals surface area contributed by atoms with Gasteiger partial charge in [0.25, 0.3) is 11.8 Å². The van der Waals surface area contributed by atoms with E-state index in [2.05, 4.69) is 4.99 Å². The maximum atomic E-state index is 11.8. The van der Waals surface area contributed by atoms with Gasteiger partial charge < -0.3 is 16.3 Å². The number of nitrogens with zero attached hydrogens (tertiary/aromatic N) is 2. The average molecular weight is 290 g/mol. The van der Waals surface area contributed by atoms with Crippen LogP contribution in [0.25, 0.3) is 0 Å². The van der Waals surface area contributed by atoms with Crippen LogP contribution < -0.4 is 11.5 Å². The van der Waals surface area contributed by atoms with Crippen molar-refractivity contribution in [2.75, 3.05) is 0 Å². The molecule has 0 aromatic heterocycles. The fourth-order valence-corrected chi connectivity index (χ4v) is 1.72. The Kier molecular flexibility index (Phi) is 4.17. The number of hydroxylamine groups is 2. The summed E-state index contributed by atoms with van der Waals surface area (Å²) >= 11 is 0. The number of carbonyl (C=O) groups excluding carboxylic acids is 3. The Morgan fingerprint density at radius 3 is 2.24 bits per heavy atom. The van der Waals surface area contributed by atoms with Crippen molar-refractivity contribution in [2.24, 2.45) is 16.5 Å². The highest BCUT2D eigenvalue weighted by Gasteiger charge is 2.33. The van der Waals surface area contributed by atoms with Crippen LogP contribution in [0, 0.1) is 0 Å². The molecule has 1 aromatic rings. The molecule has 1 fully saturated rings. The van der Waals surface area contributed by atoms with E-state index in [4.69, 9.17) is 16.3 Å². The molecule has 0 atom stereocenters. The number of hydrogen-bond acceptors (Lipinski definition) is 5. The quantitative estimate of drug-likeness (QED) is 0.444. The second-order valence-corrected chi connectivity index (χ2v) is 4.40. The molecule has 110 valence electrons. The number of aliphatic imine (C=N–C) groups is 1. The summed E-state index contributed by atoms with van der Waals surface area (Å²) in [7, 11) is 0. The molecule has 1 aliphatic heterocycles. The van der Waals surface area contributed by atoms with Gasteiger partial charge in [-0.15, -0.1) is 5.06 Å². The van der Waals surface area contributed by atoms with Gasteiger partial charge in [-0.25, -0.2) is 9.79 Å². The van der Waals surface area contributed by atoms with Gasteiger partial charge in [0.1, 0.15) is 0 Å². The fourth-order valence-electron chi connectivity index (χ4n) is 1.72. The Balaban J connectivity index is 2.01. The maximum absolute atomic E-state index is 11.8. The SMILES string of the molecule is NC(N)=NCc1ccc(C(=O)ON2C(=O)CCC2=O)cc1. The molecule has 0 bridgehead atoms. The van der Waals surface area contributed by atoms with Gasteiger partial charge in [0.15, 0.2) is 5.96 Å². The van der Waals surface area contributed by atoms with Crippen LogP contribution in [0.2, 0.25) is 0 Å². The van der Waals surface area contributed by atoms with Crippen LogP contribution >= 0.6 is 0 Å². The summed E-state index contributed by atoms with van der Waals surface area (Å²) < 4.78 is 0. The predicted octanol–water partition coefficient (Wildman–Crippen LogP) is -0.319. The Bertz CT molecular complexity index is 589. The first-order chi connectivity index (χ1) is 9.97. The molecule has 8 nitrogen and oxygen atoms in total. The molecule has 2 amide bonds. The Labute approximate surface area is 120 Å². The molecule has 0 radical (unpaired) electrons. The first kappa shape index (κ1) is 14.5. The minimum atomic E-state index is -0.771. The summed E-state index contributed by atoms with van der Waals surface area (Å²) in [5.74, 6) is -1.83. The minimum Gasteiger partial charge on any atom is -0.370 e. The predicted molar refractivity (Wildman–Crippen MR) is 72.5 cm³/mol. The third-order valence-corrected chi connectivity index (χ3v) is 2.81. The zero-order chi connectivity index (χ0) is 15.4. The van der Waals surface area contributed by atoms with Gasteiger partial charge in [-0.1, -0.05) is 12.1 Å². The van der Waals surface area contributed by atoms with Crippen LogP contribution in [0.15, 0.2) is 29.3 Å². The molecular weight excluding hydrogens is 276 g/mol. The van der Waals surface area contributed by atoms with Gasteiger partial charge in [-0.2, -0.15) is 0 Å². The normalized spacial score (nSPS) is 14.2. The van der Waals surface area contributed by atoms with Crippen molar-refractivity contribution in [1.82, 2.24) is 5.06 Å². The number of carbonyl (C=O) groups is 3. The van der Waals surface area contributed by atoms with E-state index in [-0.39, 0.29) is 24.4 Å². The van der Waals surface area contributed by atoms with E-state index in [1.807, 2.05) is 0 Å². The Morgan fingerprint density at radius 1 is 1.14 bits per heavy atom. The van der Waals surface area contributed by atoms with Crippen LogP contribution in [-0.4, -0.2) is 28.8 Å². The van der Waals surface area contributed by atoms with Crippen LogP contribution in [0.1, 0.15) is 28.8 Å². The lowest BCUT2D eigenvalue weighted by molar-refractivity contribution is -0.172. The molecular formula is C13H14N4O4. The van der Waals surface area contributed by atoms with Gasteiger partial charge in [0.2, 0.25) is 0 Å². The monoisotopic (exact) mass is 290 g/mol. The molecule has 2 rings (SSSR count). The highest BCUT2D eigenvalue weighted by atomic mass is 16.7. The van der Waals surface area contributed by atoms with Crippen LogP contribution in [-0.2, 0) is 21.0 Å². The summed E-state index contributed by atoms with van der Waals surface area (Å²) in [5, 5.41) is 0.510. The molecule has 0 unspecified atom stereocenters. The third-order valence-electron chi connectivity index (χ3n) is 2.81. The van der Waals surface area contributed by atoms with Gasteiger partial charge in [-0.05, 0) is 17.7 Å². The topological polar surface area (TPSA) is 128 Å². The van der Waals surface area contributed by atoms with Gasteiger partial charge in [0, 0.05) is 12.8 Å². The first-order valence-corrected chi connectivity index (χ1v) is 6.20. The number of guanidine groups is 1. The van der Waals surface area contributed by atoms with Crippen molar-refractivity contribution in [1.29, 1.82) is 0 Å². The number of amides is 2. The van der Waals surface area contributed by atoms with Crippen molar-refractivity contribution in [3.05, 3.63) is 35.4 Å². The summed E-state index contributed by atoms with van der Waals surface area (Å²) in [4.78, 5) is 43.1. The molecule has 1 heterocycles. The molecule has 1 aromatic carbocycles. The number of benzene rings is 1. The van der Waals surface area contributed by atoms with E-state index in [9.17, 15) is 14.4 Å². The van der Waals surface area contributed by atoms with E-state index in [0.717, 1.165) is 5.56 Å². The molecule has 4 N–H and O–H groups in total. The van der Waals surface area contributed by atoms with E-state index < -0.39 is 17.8 Å². The molecule has 1 aliphatic rings. The lowest BCUT2D eigenvalue weighted by Crippen LogP contribution is -2.32. The van der Waals surface area contributed by atoms with Crippen LogP contribution in [0.4, 0.5) is 0 Å². The average Bonchev–Trinajstić information content (AvgIpc) is 2.77. The van der Waals surface area contributed by atoms with E-state index in [1.54, 1.807) is 12.1 Å². The summed E-state index contributed by atoms with van der Waals surface area (Å²) in [6.07, 6.45) is 0.118. The zero-order valence-electron chi connectivity index (χ0n) is 11.1. The van der Waals surface area contributed by atoms with E-state index in [0.29, 0.717) is 11.6 Å². The highest BCUT2D eigenvalue weighted by Crippen LogP contribution is 2.14. The lowest BCUT2D eigenvalue weighted by atomic mass is 10.1. The number of imide groups is 1. The van der Waals surface area contributed by atoms with Crippen LogP contribution in [0.3, 0.4) is 0 Å². The first-order valence-electron chi connectivity index (χ1n) is 6.20. The maximum Gasteiger partial charge on any atom is 0.363 e. The minimum absolute atomic E-state index is 0.0236. The second kappa shape index (κ2) is 6.04. The number of nitrogens with two attached hydrogens (primary N) is 2. The third kappa shape index (κ3) is 3.56. The largest absolute Gasteiger partial charge is 0.370 e. The molecule has 0 spiro atoms. The standard InChI is InChI=1S/C13H14N4O4/c14-13(15)16-7-8-1-3-9(4-2-8)12(20)21-17-10(18)5-6-11(17)19/h1-4H,5-7H2,(H4,14,15,16). The highest BCUT2D eigenvalue weighted by molar-refractivity contribution is 6.02. The van der Waals surface area contributed by atoms with Crippen molar-refractivity contribution in [3.63, 3.8) is 0 Å². The molecule has 1 saturated heterocycles. The number of rotatable bonds is 4. The molecule has 8 heteroatoms. The van der Waals surface area contributed by atoms with Crippen molar-refractivity contribution in [3.8, 4) is 0 Å². The van der Waals surface area contributed by atoms with Crippen LogP contribution in [0.5, 0.6) is 0 Å². The molecule has 0 aliphatic carbocycles. The smallest absolute Gasteiger partial charge is 0.363 e. The fraction of sp³-hybridized carbons (Fsp3) is 0.231. The van der Waals surface area contributed by atoms with Gasteiger partial charge in [-0.3, -0.25) is 9.59 Å². The lowest BCUT2D eigenvalue weighted by Gasteiger charge is -2.12. The Hall–Kier alpha value is -2.90. The summed E-state index contributed by atoms with van der Waals surface area (Å²) in [6.45, 7) is 0.292. The second-order valence-electron chi connectivity index (χ2n) is 4.40. The zero-order valence-corrected chi connectivity index (χ0v) is 11.1. The summed E-state index contributed by atoms with van der Waals surface area (Å²) in [6, 6.07) is 6.31. The molecule has 21 heavy (non-hydrogen) atoms. The van der Waals surface area contributed by atoms with Gasteiger partial charge in [0.05, 0.1) is 12.1 Å².